The fourth-order valence-corrected chi connectivity index (χ4v) is 4.93. The highest BCUT2D eigenvalue weighted by molar-refractivity contribution is 7.99. The van der Waals surface area contributed by atoms with Gasteiger partial charge in [-0.05, 0) is 18.9 Å². The average Bonchev–Trinajstić information content (AvgIpc) is 3.30. The van der Waals surface area contributed by atoms with Gasteiger partial charge in [-0.25, -0.2) is 9.97 Å². The van der Waals surface area contributed by atoms with Crippen LogP contribution in [-0.4, -0.2) is 19.5 Å². The van der Waals surface area contributed by atoms with E-state index in [9.17, 15) is 4.79 Å². The molecule has 0 saturated heterocycles. The zero-order chi connectivity index (χ0) is 18.8. The fraction of sp³-hybridized carbons (Fsp3) is 0.250. The largest absolute Gasteiger partial charge is 0.326 e. The molecule has 0 amide bonds. The maximum Gasteiger partial charge on any atom is 0.260 e. The maximum absolute atomic E-state index is 12.8. The molecule has 3 aromatic heterocycles. The molecule has 138 valence electrons. The van der Waals surface area contributed by atoms with Crippen LogP contribution in [0.25, 0.3) is 21.3 Å². The number of fused-ring (bicyclic) bond motifs is 1. The van der Waals surface area contributed by atoms with Crippen LogP contribution in [0.4, 0.5) is 0 Å². The predicted molar refractivity (Wildman–Crippen MR) is 112 cm³/mol. The van der Waals surface area contributed by atoms with Crippen molar-refractivity contribution in [2.45, 2.75) is 37.2 Å². The standard InChI is InChI=1S/C20H20N4OS2/c1-3-10-24-11-9-21-20(24)27-13(2)17-22-18(25)16-15(12-26-19(16)23-17)14-7-5-4-6-8-14/h4-9,11-13H,3,10H2,1-2H3,(H,22,23,25). The molecule has 1 aromatic carbocycles. The summed E-state index contributed by atoms with van der Waals surface area (Å²) in [6.45, 7) is 5.13. The lowest BCUT2D eigenvalue weighted by molar-refractivity contribution is 0.619. The Morgan fingerprint density at radius 3 is 2.89 bits per heavy atom. The predicted octanol–water partition coefficient (Wildman–Crippen LogP) is 5.11. The van der Waals surface area contributed by atoms with Crippen LogP contribution < -0.4 is 5.56 Å². The van der Waals surface area contributed by atoms with E-state index in [1.807, 2.05) is 55.0 Å². The van der Waals surface area contributed by atoms with Gasteiger partial charge in [0.25, 0.3) is 5.56 Å². The lowest BCUT2D eigenvalue weighted by Crippen LogP contribution is -2.12. The van der Waals surface area contributed by atoms with Gasteiger partial charge in [-0.3, -0.25) is 4.79 Å². The summed E-state index contributed by atoms with van der Waals surface area (Å²) in [6, 6.07) is 9.96. The Morgan fingerprint density at radius 2 is 2.11 bits per heavy atom. The second kappa shape index (κ2) is 7.70. The Bertz CT molecular complexity index is 1110. The third-order valence-corrected chi connectivity index (χ3v) is 6.36. The smallest absolute Gasteiger partial charge is 0.260 e. The number of imidazole rings is 1. The second-order valence-electron chi connectivity index (χ2n) is 6.31. The molecule has 3 heterocycles. The zero-order valence-corrected chi connectivity index (χ0v) is 16.8. The van der Waals surface area contributed by atoms with E-state index in [2.05, 4.69) is 21.5 Å². The molecule has 0 bridgehead atoms. The summed E-state index contributed by atoms with van der Waals surface area (Å²) < 4.78 is 2.14. The van der Waals surface area contributed by atoms with E-state index in [0.29, 0.717) is 11.2 Å². The number of nitrogens with one attached hydrogen (secondary N) is 1. The Morgan fingerprint density at radius 1 is 1.30 bits per heavy atom. The molecular weight excluding hydrogens is 376 g/mol. The number of benzene rings is 1. The minimum atomic E-state index is -0.0838. The molecule has 4 aromatic rings. The van der Waals surface area contributed by atoms with Gasteiger partial charge < -0.3 is 9.55 Å². The molecule has 0 aliphatic carbocycles. The van der Waals surface area contributed by atoms with Crippen molar-refractivity contribution in [2.75, 3.05) is 0 Å². The van der Waals surface area contributed by atoms with Gasteiger partial charge >= 0.3 is 0 Å². The van der Waals surface area contributed by atoms with Gasteiger partial charge in [0.05, 0.1) is 10.6 Å². The number of nitrogens with zero attached hydrogens (tertiary/aromatic N) is 3. The summed E-state index contributed by atoms with van der Waals surface area (Å²) >= 11 is 3.13. The Kier molecular flexibility index (Phi) is 5.13. The van der Waals surface area contributed by atoms with Crippen LogP contribution in [0.15, 0.2) is 58.1 Å². The van der Waals surface area contributed by atoms with E-state index in [4.69, 9.17) is 4.98 Å². The van der Waals surface area contributed by atoms with Crippen molar-refractivity contribution in [1.82, 2.24) is 19.5 Å². The van der Waals surface area contributed by atoms with E-state index in [1.165, 1.54) is 11.3 Å². The highest BCUT2D eigenvalue weighted by Crippen LogP contribution is 2.34. The third-order valence-electron chi connectivity index (χ3n) is 4.36. The van der Waals surface area contributed by atoms with Gasteiger partial charge in [0.2, 0.25) is 0 Å². The van der Waals surface area contributed by atoms with Crippen molar-refractivity contribution in [3.05, 3.63) is 64.3 Å². The normalized spacial score (nSPS) is 12.5. The summed E-state index contributed by atoms with van der Waals surface area (Å²) in [5.74, 6) is 0.685. The Balaban J connectivity index is 1.67. The SMILES string of the molecule is CCCn1ccnc1SC(C)c1nc2scc(-c3ccccc3)c2c(=O)[nH]1. The van der Waals surface area contributed by atoms with E-state index in [1.54, 1.807) is 11.8 Å². The van der Waals surface area contributed by atoms with E-state index < -0.39 is 0 Å². The van der Waals surface area contributed by atoms with Crippen LogP contribution in [0, 0.1) is 0 Å². The molecule has 0 fully saturated rings. The first-order valence-corrected chi connectivity index (χ1v) is 10.7. The van der Waals surface area contributed by atoms with Crippen LogP contribution in [-0.2, 0) is 6.54 Å². The summed E-state index contributed by atoms with van der Waals surface area (Å²) in [5.41, 5.74) is 1.89. The number of thioether (sulfide) groups is 1. The molecule has 0 aliphatic rings. The van der Waals surface area contributed by atoms with Crippen molar-refractivity contribution < 1.29 is 0 Å². The minimum absolute atomic E-state index is 0.00221. The van der Waals surface area contributed by atoms with E-state index in [-0.39, 0.29) is 10.8 Å². The molecule has 0 spiro atoms. The lowest BCUT2D eigenvalue weighted by Gasteiger charge is -2.11. The third kappa shape index (κ3) is 3.57. The van der Waals surface area contributed by atoms with Gasteiger partial charge in [0.15, 0.2) is 5.16 Å². The van der Waals surface area contributed by atoms with Crippen molar-refractivity contribution >= 4 is 33.3 Å². The Hall–Kier alpha value is -2.38. The molecule has 1 unspecified atom stereocenters. The molecule has 1 atom stereocenters. The molecule has 5 nitrogen and oxygen atoms in total. The first-order chi connectivity index (χ1) is 13.2. The molecule has 1 N–H and O–H groups in total. The highest BCUT2D eigenvalue weighted by atomic mass is 32.2. The number of hydrogen-bond acceptors (Lipinski definition) is 5. The number of H-pyrrole nitrogens is 1. The van der Waals surface area contributed by atoms with Crippen molar-refractivity contribution in [2.24, 2.45) is 0 Å². The fourth-order valence-electron chi connectivity index (χ4n) is 3.03. The maximum atomic E-state index is 12.8. The molecular formula is C20H20N4OS2. The summed E-state index contributed by atoms with van der Waals surface area (Å²) in [5, 5.41) is 3.63. The summed E-state index contributed by atoms with van der Waals surface area (Å²) in [4.78, 5) is 25.8. The van der Waals surface area contributed by atoms with E-state index >= 15 is 0 Å². The monoisotopic (exact) mass is 396 g/mol. The lowest BCUT2D eigenvalue weighted by atomic mass is 10.1. The topological polar surface area (TPSA) is 63.6 Å². The highest BCUT2D eigenvalue weighted by Gasteiger charge is 2.18. The summed E-state index contributed by atoms with van der Waals surface area (Å²) in [6.07, 6.45) is 4.86. The minimum Gasteiger partial charge on any atom is -0.326 e. The Labute approximate surface area is 165 Å². The number of aromatic amines is 1. The van der Waals surface area contributed by atoms with Gasteiger partial charge in [-0.1, -0.05) is 49.0 Å². The number of hydrogen-bond donors (Lipinski definition) is 1. The molecule has 4 rings (SSSR count). The van der Waals surface area contributed by atoms with Gasteiger partial charge in [-0.2, -0.15) is 0 Å². The van der Waals surface area contributed by atoms with Crippen molar-refractivity contribution in [1.29, 1.82) is 0 Å². The van der Waals surface area contributed by atoms with Crippen LogP contribution in [0.3, 0.4) is 0 Å². The quantitative estimate of drug-likeness (QED) is 0.460. The summed E-state index contributed by atoms with van der Waals surface area (Å²) in [7, 11) is 0. The molecule has 27 heavy (non-hydrogen) atoms. The van der Waals surface area contributed by atoms with E-state index in [0.717, 1.165) is 34.1 Å². The average molecular weight is 397 g/mol. The van der Waals surface area contributed by atoms with Crippen LogP contribution >= 0.6 is 23.1 Å². The first kappa shape index (κ1) is 18.0. The van der Waals surface area contributed by atoms with Gasteiger partial charge in [0, 0.05) is 29.9 Å². The van der Waals surface area contributed by atoms with Crippen molar-refractivity contribution in [3.8, 4) is 11.1 Å². The second-order valence-corrected chi connectivity index (χ2v) is 8.48. The number of aromatic nitrogens is 4. The van der Waals surface area contributed by atoms with Crippen LogP contribution in [0.2, 0.25) is 0 Å². The van der Waals surface area contributed by atoms with Gasteiger partial charge in [-0.15, -0.1) is 11.3 Å². The first-order valence-electron chi connectivity index (χ1n) is 8.92. The number of thiophene rings is 1. The van der Waals surface area contributed by atoms with Crippen LogP contribution in [0.1, 0.15) is 31.3 Å². The van der Waals surface area contributed by atoms with Crippen molar-refractivity contribution in [3.63, 3.8) is 0 Å². The molecule has 7 heteroatoms. The molecule has 0 aliphatic heterocycles. The zero-order valence-electron chi connectivity index (χ0n) is 15.2. The molecule has 0 radical (unpaired) electrons. The van der Waals surface area contributed by atoms with Crippen LogP contribution in [0.5, 0.6) is 0 Å². The van der Waals surface area contributed by atoms with Gasteiger partial charge in [0.1, 0.15) is 10.7 Å². The number of aryl methyl sites for hydroxylation is 1. The number of rotatable bonds is 6. The molecule has 0 saturated carbocycles.